The first-order valence-corrected chi connectivity index (χ1v) is 10.0. The van der Waals surface area contributed by atoms with E-state index in [9.17, 15) is 18.8 Å². The Morgan fingerprint density at radius 3 is 2.45 bits per heavy atom. The van der Waals surface area contributed by atoms with Gasteiger partial charge in [0.25, 0.3) is 5.91 Å². The Hall–Kier alpha value is -3.74. The molecule has 31 heavy (non-hydrogen) atoms. The van der Waals surface area contributed by atoms with Gasteiger partial charge in [-0.15, -0.1) is 0 Å². The van der Waals surface area contributed by atoms with E-state index in [2.05, 4.69) is 5.32 Å². The molecule has 0 unspecified atom stereocenters. The van der Waals surface area contributed by atoms with Crippen LogP contribution in [0, 0.1) is 5.82 Å². The van der Waals surface area contributed by atoms with Crippen LogP contribution in [0.5, 0.6) is 0 Å². The summed E-state index contributed by atoms with van der Waals surface area (Å²) in [5.74, 6) is -1.34. The van der Waals surface area contributed by atoms with Crippen LogP contribution in [-0.2, 0) is 9.59 Å². The molecule has 0 radical (unpaired) electrons. The maximum atomic E-state index is 13.2. The molecule has 1 saturated heterocycles. The zero-order valence-electron chi connectivity index (χ0n) is 17.2. The first kappa shape index (κ1) is 20.5. The number of halogens is 1. The fourth-order valence-corrected chi connectivity index (χ4v) is 3.94. The van der Waals surface area contributed by atoms with Gasteiger partial charge in [0.2, 0.25) is 5.91 Å². The fourth-order valence-electron chi connectivity index (χ4n) is 3.94. The molecule has 7 heteroatoms. The van der Waals surface area contributed by atoms with Crippen LogP contribution in [0.3, 0.4) is 0 Å². The number of urea groups is 1. The molecule has 3 aromatic carbocycles. The predicted molar refractivity (Wildman–Crippen MR) is 116 cm³/mol. The quantitative estimate of drug-likeness (QED) is 0.635. The highest BCUT2D eigenvalue weighted by atomic mass is 19.1. The SMILES string of the molecule is C[C@@H](NC(=O)CN1C(=O)[C@H](C)N(c2ccc(F)cc2)C1=O)c1cccc2ccccc12. The standard InChI is InChI=1S/C24H22FN3O3/c1-15(20-9-5-7-17-6-3-4-8-21(17)20)26-22(29)14-27-23(30)16(2)28(24(27)31)19-12-10-18(25)11-13-19/h3-13,15-16H,14H2,1-2H3,(H,26,29)/t15-,16+/m1/s1. The first-order chi connectivity index (χ1) is 14.9. The van der Waals surface area contributed by atoms with Gasteiger partial charge in [-0.3, -0.25) is 19.4 Å². The largest absolute Gasteiger partial charge is 0.348 e. The molecule has 6 nitrogen and oxygen atoms in total. The summed E-state index contributed by atoms with van der Waals surface area (Å²) in [6.07, 6.45) is 0. The van der Waals surface area contributed by atoms with Crippen molar-refractivity contribution in [3.05, 3.63) is 78.1 Å². The fraction of sp³-hybridized carbons (Fsp3) is 0.208. The van der Waals surface area contributed by atoms with E-state index in [1.165, 1.54) is 29.2 Å². The molecule has 3 aromatic rings. The number of fused-ring (bicyclic) bond motifs is 1. The first-order valence-electron chi connectivity index (χ1n) is 10.0. The van der Waals surface area contributed by atoms with Crippen LogP contribution in [0.4, 0.5) is 14.9 Å². The van der Waals surface area contributed by atoms with Crippen molar-refractivity contribution >= 4 is 34.3 Å². The van der Waals surface area contributed by atoms with Gasteiger partial charge in [-0.1, -0.05) is 42.5 Å². The lowest BCUT2D eigenvalue weighted by molar-refractivity contribution is -0.132. The van der Waals surface area contributed by atoms with Crippen LogP contribution in [0.2, 0.25) is 0 Å². The molecular weight excluding hydrogens is 397 g/mol. The molecule has 4 rings (SSSR count). The van der Waals surface area contributed by atoms with Crippen molar-refractivity contribution in [2.75, 3.05) is 11.4 Å². The Morgan fingerprint density at radius 1 is 1.03 bits per heavy atom. The van der Waals surface area contributed by atoms with Crippen molar-refractivity contribution < 1.29 is 18.8 Å². The van der Waals surface area contributed by atoms with Gasteiger partial charge in [0, 0.05) is 5.69 Å². The highest BCUT2D eigenvalue weighted by Crippen LogP contribution is 2.27. The second kappa shape index (κ2) is 8.18. The highest BCUT2D eigenvalue weighted by molar-refractivity contribution is 6.15. The number of imide groups is 1. The number of benzene rings is 3. The molecule has 0 aliphatic carbocycles. The van der Waals surface area contributed by atoms with Gasteiger partial charge in [0.05, 0.1) is 6.04 Å². The summed E-state index contributed by atoms with van der Waals surface area (Å²) >= 11 is 0. The summed E-state index contributed by atoms with van der Waals surface area (Å²) in [5.41, 5.74) is 1.35. The smallest absolute Gasteiger partial charge is 0.332 e. The summed E-state index contributed by atoms with van der Waals surface area (Å²) in [4.78, 5) is 40.4. The van der Waals surface area contributed by atoms with E-state index in [1.54, 1.807) is 6.92 Å². The Morgan fingerprint density at radius 2 is 1.71 bits per heavy atom. The molecule has 1 aliphatic heterocycles. The summed E-state index contributed by atoms with van der Waals surface area (Å²) in [7, 11) is 0. The minimum atomic E-state index is -0.777. The van der Waals surface area contributed by atoms with E-state index in [-0.39, 0.29) is 12.6 Å². The van der Waals surface area contributed by atoms with Gasteiger partial charge in [-0.2, -0.15) is 0 Å². The van der Waals surface area contributed by atoms with Crippen molar-refractivity contribution in [3.8, 4) is 0 Å². The van der Waals surface area contributed by atoms with E-state index in [0.29, 0.717) is 5.69 Å². The number of nitrogens with zero attached hydrogens (tertiary/aromatic N) is 2. The number of carbonyl (C=O) groups excluding carboxylic acids is 3. The minimum Gasteiger partial charge on any atom is -0.348 e. The maximum absolute atomic E-state index is 13.2. The predicted octanol–water partition coefficient (Wildman–Crippen LogP) is 4.01. The third kappa shape index (κ3) is 3.86. The topological polar surface area (TPSA) is 69.7 Å². The Balaban J connectivity index is 1.48. The van der Waals surface area contributed by atoms with Crippen LogP contribution < -0.4 is 10.2 Å². The van der Waals surface area contributed by atoms with E-state index >= 15 is 0 Å². The van der Waals surface area contributed by atoms with Crippen molar-refractivity contribution in [1.82, 2.24) is 10.2 Å². The van der Waals surface area contributed by atoms with Crippen LogP contribution in [0.15, 0.2) is 66.7 Å². The van der Waals surface area contributed by atoms with Crippen molar-refractivity contribution in [3.63, 3.8) is 0 Å². The van der Waals surface area contributed by atoms with E-state index in [0.717, 1.165) is 21.2 Å². The Kier molecular flexibility index (Phi) is 5.42. The van der Waals surface area contributed by atoms with Crippen LogP contribution in [-0.4, -0.2) is 35.3 Å². The van der Waals surface area contributed by atoms with Gasteiger partial charge in [0.15, 0.2) is 0 Å². The average Bonchev–Trinajstić information content (AvgIpc) is 2.97. The highest BCUT2D eigenvalue weighted by Gasteiger charge is 2.44. The molecule has 2 atom stereocenters. The van der Waals surface area contributed by atoms with Crippen molar-refractivity contribution in [2.24, 2.45) is 0 Å². The third-order valence-electron chi connectivity index (χ3n) is 5.52. The molecule has 1 aliphatic rings. The lowest BCUT2D eigenvalue weighted by Crippen LogP contribution is -2.42. The lowest BCUT2D eigenvalue weighted by Gasteiger charge is -2.20. The van der Waals surface area contributed by atoms with Gasteiger partial charge >= 0.3 is 6.03 Å². The molecule has 1 N–H and O–H groups in total. The zero-order valence-corrected chi connectivity index (χ0v) is 17.2. The van der Waals surface area contributed by atoms with E-state index in [1.807, 2.05) is 49.4 Å². The van der Waals surface area contributed by atoms with Gasteiger partial charge in [0.1, 0.15) is 18.4 Å². The van der Waals surface area contributed by atoms with Crippen LogP contribution in [0.25, 0.3) is 10.8 Å². The van der Waals surface area contributed by atoms with Crippen molar-refractivity contribution in [2.45, 2.75) is 25.9 Å². The van der Waals surface area contributed by atoms with Crippen LogP contribution >= 0.6 is 0 Å². The average molecular weight is 419 g/mol. The van der Waals surface area contributed by atoms with Gasteiger partial charge in [-0.05, 0) is 54.4 Å². The number of amides is 4. The van der Waals surface area contributed by atoms with E-state index < -0.39 is 29.7 Å². The number of hydrogen-bond acceptors (Lipinski definition) is 3. The Bertz CT molecular complexity index is 1160. The molecule has 0 saturated carbocycles. The number of anilines is 1. The van der Waals surface area contributed by atoms with Gasteiger partial charge < -0.3 is 5.32 Å². The summed E-state index contributed by atoms with van der Waals surface area (Å²) < 4.78 is 13.2. The molecular formula is C24H22FN3O3. The third-order valence-corrected chi connectivity index (χ3v) is 5.52. The molecule has 0 aromatic heterocycles. The summed E-state index contributed by atoms with van der Waals surface area (Å²) in [6, 6.07) is 17.4. The zero-order chi connectivity index (χ0) is 22.1. The molecule has 0 spiro atoms. The van der Waals surface area contributed by atoms with Crippen molar-refractivity contribution in [1.29, 1.82) is 0 Å². The maximum Gasteiger partial charge on any atom is 0.332 e. The molecule has 1 fully saturated rings. The van der Waals surface area contributed by atoms with E-state index in [4.69, 9.17) is 0 Å². The molecule has 1 heterocycles. The molecule has 158 valence electrons. The number of carbonyl (C=O) groups is 3. The van der Waals surface area contributed by atoms with Crippen LogP contribution in [0.1, 0.15) is 25.5 Å². The number of hydrogen-bond donors (Lipinski definition) is 1. The Labute approximate surface area is 179 Å². The summed E-state index contributed by atoms with van der Waals surface area (Å²) in [5, 5.41) is 4.97. The monoisotopic (exact) mass is 419 g/mol. The minimum absolute atomic E-state index is 0.308. The second-order valence-electron chi connectivity index (χ2n) is 7.59. The molecule has 0 bridgehead atoms. The normalized spacial score (nSPS) is 17.3. The molecule has 4 amide bonds. The second-order valence-corrected chi connectivity index (χ2v) is 7.59. The number of nitrogens with one attached hydrogen (secondary N) is 1. The van der Waals surface area contributed by atoms with Gasteiger partial charge in [-0.25, -0.2) is 9.18 Å². The number of rotatable bonds is 5. The summed E-state index contributed by atoms with van der Waals surface area (Å²) in [6.45, 7) is 3.07. The lowest BCUT2D eigenvalue weighted by atomic mass is 10.00.